The van der Waals surface area contributed by atoms with Gasteiger partial charge in [-0.25, -0.2) is 0 Å². The summed E-state index contributed by atoms with van der Waals surface area (Å²) in [6.07, 6.45) is 0. The van der Waals surface area contributed by atoms with E-state index >= 15 is 0 Å². The van der Waals surface area contributed by atoms with Crippen LogP contribution in [0.15, 0.2) is 33.8 Å². The summed E-state index contributed by atoms with van der Waals surface area (Å²) in [5.41, 5.74) is 3.15. The van der Waals surface area contributed by atoms with Gasteiger partial charge < -0.3 is 14.7 Å². The van der Waals surface area contributed by atoms with Gasteiger partial charge in [-0.2, -0.15) is 0 Å². The van der Waals surface area contributed by atoms with Crippen molar-refractivity contribution in [2.45, 2.75) is 26.9 Å². The van der Waals surface area contributed by atoms with E-state index in [-0.39, 0.29) is 24.0 Å². The number of nitrogens with one attached hydrogen (secondary N) is 1. The zero-order valence-corrected chi connectivity index (χ0v) is 16.8. The van der Waals surface area contributed by atoms with Gasteiger partial charge in [0, 0.05) is 37.8 Å². The van der Waals surface area contributed by atoms with Crippen LogP contribution in [0.4, 0.5) is 0 Å². The molecule has 0 aliphatic carbocycles. The monoisotopic (exact) mass is 448 g/mol. The van der Waals surface area contributed by atoms with E-state index in [1.807, 2.05) is 45.2 Å². The Bertz CT molecular complexity index is 635. The van der Waals surface area contributed by atoms with Crippen molar-refractivity contribution in [3.8, 4) is 0 Å². The van der Waals surface area contributed by atoms with E-state index in [2.05, 4.69) is 20.4 Å². The molecular weight excluding hydrogens is 427 g/mol. The van der Waals surface area contributed by atoms with Crippen molar-refractivity contribution < 1.29 is 4.52 Å². The molecule has 23 heavy (non-hydrogen) atoms. The maximum absolute atomic E-state index is 5.91. The maximum Gasteiger partial charge on any atom is 0.193 e. The van der Waals surface area contributed by atoms with Crippen molar-refractivity contribution in [2.75, 3.05) is 14.1 Å². The second kappa shape index (κ2) is 9.12. The van der Waals surface area contributed by atoms with Gasteiger partial charge in [0.15, 0.2) is 5.96 Å². The number of nitrogens with zero attached hydrogens (tertiary/aromatic N) is 3. The molecule has 0 spiro atoms. The molecule has 0 bridgehead atoms. The Kier molecular flexibility index (Phi) is 7.84. The quantitative estimate of drug-likeness (QED) is 0.439. The minimum atomic E-state index is 0. The lowest BCUT2D eigenvalue weighted by molar-refractivity contribution is 0.392. The summed E-state index contributed by atoms with van der Waals surface area (Å²) in [6.45, 7) is 5.24. The summed E-state index contributed by atoms with van der Waals surface area (Å²) >= 11 is 5.91. The fourth-order valence-electron chi connectivity index (χ4n) is 2.25. The molecule has 5 nitrogen and oxygen atoms in total. The van der Waals surface area contributed by atoms with Crippen LogP contribution in [-0.2, 0) is 13.1 Å². The molecule has 1 aromatic carbocycles. The first-order valence-corrected chi connectivity index (χ1v) is 7.47. The van der Waals surface area contributed by atoms with Crippen LogP contribution in [0.1, 0.15) is 22.6 Å². The molecular formula is C16H22ClIN4O. The summed E-state index contributed by atoms with van der Waals surface area (Å²) in [5.74, 6) is 1.65. The van der Waals surface area contributed by atoms with Crippen LogP contribution in [0, 0.1) is 13.8 Å². The first-order valence-electron chi connectivity index (χ1n) is 7.09. The number of halogens is 2. The van der Waals surface area contributed by atoms with Gasteiger partial charge >= 0.3 is 0 Å². The SMILES string of the molecule is CN=C(NCc1c(C)noc1C)N(C)Cc1ccc(Cl)cc1.I. The molecule has 2 aromatic rings. The standard InChI is InChI=1S/C16H21ClN4O.HI/c1-11-15(12(2)22-20-11)9-19-16(18-3)21(4)10-13-5-7-14(17)8-6-13;/h5-8H,9-10H2,1-4H3,(H,18,19);1H. The highest BCUT2D eigenvalue weighted by Crippen LogP contribution is 2.13. The minimum absolute atomic E-state index is 0. The van der Waals surface area contributed by atoms with E-state index in [0.717, 1.165) is 34.5 Å². The fraction of sp³-hybridized carbons (Fsp3) is 0.375. The highest BCUT2D eigenvalue weighted by molar-refractivity contribution is 14.0. The third kappa shape index (κ3) is 5.39. The molecule has 126 valence electrons. The molecule has 0 aliphatic rings. The van der Waals surface area contributed by atoms with E-state index in [0.29, 0.717) is 6.54 Å². The molecule has 0 fully saturated rings. The smallest absolute Gasteiger partial charge is 0.193 e. The zero-order chi connectivity index (χ0) is 16.1. The van der Waals surface area contributed by atoms with Crippen LogP contribution in [0.3, 0.4) is 0 Å². The molecule has 7 heteroatoms. The Hall–Kier alpha value is -1.28. The third-order valence-corrected chi connectivity index (χ3v) is 3.76. The molecule has 0 saturated carbocycles. The van der Waals surface area contributed by atoms with Gasteiger partial charge in [-0.1, -0.05) is 28.9 Å². The Morgan fingerprint density at radius 1 is 1.30 bits per heavy atom. The Labute approximate surface area is 159 Å². The summed E-state index contributed by atoms with van der Waals surface area (Å²) in [5, 5.41) is 8.04. The fourth-order valence-corrected chi connectivity index (χ4v) is 2.37. The molecule has 0 aliphatic heterocycles. The topological polar surface area (TPSA) is 53.7 Å². The molecule has 0 radical (unpaired) electrons. The number of benzene rings is 1. The predicted molar refractivity (Wildman–Crippen MR) is 105 cm³/mol. The van der Waals surface area contributed by atoms with Gasteiger partial charge in [-0.3, -0.25) is 4.99 Å². The summed E-state index contributed by atoms with van der Waals surface area (Å²) in [6, 6.07) is 7.82. The first-order chi connectivity index (χ1) is 10.5. The molecule has 1 aromatic heterocycles. The van der Waals surface area contributed by atoms with Crippen molar-refractivity contribution in [2.24, 2.45) is 4.99 Å². The Morgan fingerprint density at radius 2 is 1.96 bits per heavy atom. The van der Waals surface area contributed by atoms with Gasteiger partial charge in [-0.15, -0.1) is 24.0 Å². The lowest BCUT2D eigenvalue weighted by Gasteiger charge is -2.22. The molecule has 2 rings (SSSR count). The van der Waals surface area contributed by atoms with E-state index in [9.17, 15) is 0 Å². The van der Waals surface area contributed by atoms with Gasteiger partial charge in [0.2, 0.25) is 0 Å². The van der Waals surface area contributed by atoms with Crippen LogP contribution in [-0.4, -0.2) is 30.1 Å². The number of hydrogen-bond acceptors (Lipinski definition) is 3. The lowest BCUT2D eigenvalue weighted by Crippen LogP contribution is -2.38. The van der Waals surface area contributed by atoms with Gasteiger partial charge in [0.25, 0.3) is 0 Å². The van der Waals surface area contributed by atoms with Gasteiger partial charge in [-0.05, 0) is 31.5 Å². The van der Waals surface area contributed by atoms with Crippen LogP contribution >= 0.6 is 35.6 Å². The molecule has 0 unspecified atom stereocenters. The van der Waals surface area contributed by atoms with Crippen molar-refractivity contribution in [3.63, 3.8) is 0 Å². The largest absolute Gasteiger partial charge is 0.361 e. The van der Waals surface area contributed by atoms with E-state index in [1.165, 1.54) is 5.56 Å². The van der Waals surface area contributed by atoms with Crippen molar-refractivity contribution >= 4 is 41.5 Å². The van der Waals surface area contributed by atoms with E-state index in [4.69, 9.17) is 16.1 Å². The summed E-state index contributed by atoms with van der Waals surface area (Å²) in [4.78, 5) is 6.37. The van der Waals surface area contributed by atoms with Crippen LogP contribution in [0.25, 0.3) is 0 Å². The van der Waals surface area contributed by atoms with Gasteiger partial charge in [0.1, 0.15) is 5.76 Å². The zero-order valence-electron chi connectivity index (χ0n) is 13.8. The number of aryl methyl sites for hydroxylation is 2. The molecule has 0 amide bonds. The summed E-state index contributed by atoms with van der Waals surface area (Å²) < 4.78 is 5.17. The Balaban J connectivity index is 0.00000264. The second-order valence-electron chi connectivity index (χ2n) is 5.19. The van der Waals surface area contributed by atoms with Crippen LogP contribution < -0.4 is 5.32 Å². The minimum Gasteiger partial charge on any atom is -0.361 e. The third-order valence-electron chi connectivity index (χ3n) is 3.51. The lowest BCUT2D eigenvalue weighted by atomic mass is 10.2. The van der Waals surface area contributed by atoms with Crippen LogP contribution in [0.5, 0.6) is 0 Å². The number of rotatable bonds is 4. The highest BCUT2D eigenvalue weighted by Gasteiger charge is 2.11. The normalized spacial score (nSPS) is 11.1. The molecule has 0 saturated heterocycles. The average Bonchev–Trinajstić information content (AvgIpc) is 2.82. The molecule has 1 heterocycles. The van der Waals surface area contributed by atoms with E-state index in [1.54, 1.807) is 7.05 Å². The molecule has 0 atom stereocenters. The van der Waals surface area contributed by atoms with Crippen molar-refractivity contribution in [1.82, 2.24) is 15.4 Å². The van der Waals surface area contributed by atoms with Crippen LogP contribution in [0.2, 0.25) is 5.02 Å². The van der Waals surface area contributed by atoms with Gasteiger partial charge in [0.05, 0.1) is 5.69 Å². The number of aromatic nitrogens is 1. The predicted octanol–water partition coefficient (Wildman–Crippen LogP) is 3.77. The number of aliphatic imine (C=N–C) groups is 1. The second-order valence-corrected chi connectivity index (χ2v) is 5.62. The van der Waals surface area contributed by atoms with Crippen molar-refractivity contribution in [1.29, 1.82) is 0 Å². The molecule has 1 N–H and O–H groups in total. The summed E-state index contributed by atoms with van der Waals surface area (Å²) in [7, 11) is 3.77. The average molecular weight is 449 g/mol. The Morgan fingerprint density at radius 3 is 2.48 bits per heavy atom. The van der Waals surface area contributed by atoms with Crippen molar-refractivity contribution in [3.05, 3.63) is 51.9 Å². The number of guanidine groups is 1. The highest BCUT2D eigenvalue weighted by atomic mass is 127. The number of hydrogen-bond donors (Lipinski definition) is 1. The first kappa shape index (κ1) is 19.8. The van der Waals surface area contributed by atoms with E-state index < -0.39 is 0 Å². The maximum atomic E-state index is 5.91.